The number of phenols is 1. The molecule has 1 aromatic rings. The third-order valence-electron chi connectivity index (χ3n) is 2.12. The van der Waals surface area contributed by atoms with E-state index in [2.05, 4.69) is 5.32 Å². The number of phenolic OH excluding ortho intramolecular Hbond substituents is 1. The Morgan fingerprint density at radius 1 is 1.41 bits per heavy atom. The van der Waals surface area contributed by atoms with Gasteiger partial charge >= 0.3 is 6.03 Å². The molecule has 0 aliphatic heterocycles. The summed E-state index contributed by atoms with van der Waals surface area (Å²) < 4.78 is 0. The molecule has 0 radical (unpaired) electrons. The summed E-state index contributed by atoms with van der Waals surface area (Å²) in [7, 11) is 0. The van der Waals surface area contributed by atoms with E-state index in [0.717, 1.165) is 4.90 Å². The standard InChI is InChI=1S/C11H15N3O3/c1-8(15)14(7-6-12)11(17)13-9-4-2-3-5-10(9)16/h2-5,16H,6-7,12H2,1H3,(H,13,17). The molecule has 3 amide bonds. The van der Waals surface area contributed by atoms with E-state index in [9.17, 15) is 14.7 Å². The largest absolute Gasteiger partial charge is 0.506 e. The fourth-order valence-electron chi connectivity index (χ4n) is 1.29. The van der Waals surface area contributed by atoms with Crippen LogP contribution in [0.25, 0.3) is 0 Å². The van der Waals surface area contributed by atoms with E-state index in [1.807, 2.05) is 0 Å². The van der Waals surface area contributed by atoms with Crippen LogP contribution in [0.2, 0.25) is 0 Å². The summed E-state index contributed by atoms with van der Waals surface area (Å²) in [6, 6.07) is 5.67. The smallest absolute Gasteiger partial charge is 0.328 e. The molecule has 92 valence electrons. The van der Waals surface area contributed by atoms with Crippen molar-refractivity contribution in [1.82, 2.24) is 4.90 Å². The van der Waals surface area contributed by atoms with Crippen molar-refractivity contribution < 1.29 is 14.7 Å². The summed E-state index contributed by atoms with van der Waals surface area (Å²) in [6.07, 6.45) is 0. The van der Waals surface area contributed by atoms with E-state index in [1.165, 1.54) is 19.1 Å². The minimum Gasteiger partial charge on any atom is -0.506 e. The van der Waals surface area contributed by atoms with Crippen molar-refractivity contribution >= 4 is 17.6 Å². The van der Waals surface area contributed by atoms with Crippen LogP contribution in [0, 0.1) is 0 Å². The molecule has 0 saturated carbocycles. The van der Waals surface area contributed by atoms with Crippen LogP contribution in [0.3, 0.4) is 0 Å². The van der Waals surface area contributed by atoms with E-state index < -0.39 is 11.9 Å². The third-order valence-corrected chi connectivity index (χ3v) is 2.12. The van der Waals surface area contributed by atoms with Crippen LogP contribution in [0.15, 0.2) is 24.3 Å². The van der Waals surface area contributed by atoms with Crippen LogP contribution in [-0.2, 0) is 4.79 Å². The molecule has 0 unspecified atom stereocenters. The Balaban J connectivity index is 2.77. The van der Waals surface area contributed by atoms with Gasteiger partial charge < -0.3 is 16.2 Å². The Morgan fingerprint density at radius 3 is 2.59 bits per heavy atom. The van der Waals surface area contributed by atoms with Gasteiger partial charge in [-0.25, -0.2) is 4.79 Å². The number of carbonyl (C=O) groups excluding carboxylic acids is 2. The summed E-state index contributed by atoms with van der Waals surface area (Å²) in [5, 5.41) is 11.9. The van der Waals surface area contributed by atoms with Crippen LogP contribution >= 0.6 is 0 Å². The predicted octanol–water partition coefficient (Wildman–Crippen LogP) is 0.731. The molecule has 0 aliphatic rings. The van der Waals surface area contributed by atoms with Crippen LogP contribution in [-0.4, -0.2) is 35.0 Å². The first-order valence-corrected chi connectivity index (χ1v) is 5.13. The summed E-state index contributed by atoms with van der Waals surface area (Å²) in [5.74, 6) is -0.458. The SMILES string of the molecule is CC(=O)N(CCN)C(=O)Nc1ccccc1O. The van der Waals surface area contributed by atoms with Crippen molar-refractivity contribution in [1.29, 1.82) is 0 Å². The molecular weight excluding hydrogens is 222 g/mol. The fraction of sp³-hybridized carbons (Fsp3) is 0.273. The van der Waals surface area contributed by atoms with E-state index in [0.29, 0.717) is 0 Å². The highest BCUT2D eigenvalue weighted by molar-refractivity contribution is 6.01. The average molecular weight is 237 g/mol. The zero-order valence-corrected chi connectivity index (χ0v) is 9.51. The van der Waals surface area contributed by atoms with Gasteiger partial charge in [0.25, 0.3) is 0 Å². The number of nitrogens with two attached hydrogens (primary N) is 1. The zero-order valence-electron chi connectivity index (χ0n) is 9.51. The third kappa shape index (κ3) is 3.46. The first kappa shape index (κ1) is 13.0. The second kappa shape index (κ2) is 5.86. The topological polar surface area (TPSA) is 95.7 Å². The fourth-order valence-corrected chi connectivity index (χ4v) is 1.29. The van der Waals surface area contributed by atoms with Crippen LogP contribution < -0.4 is 11.1 Å². The molecule has 4 N–H and O–H groups in total. The number of benzene rings is 1. The van der Waals surface area contributed by atoms with E-state index in [4.69, 9.17) is 5.73 Å². The summed E-state index contributed by atoms with van der Waals surface area (Å²) in [5.41, 5.74) is 5.56. The van der Waals surface area contributed by atoms with Gasteiger partial charge in [0.15, 0.2) is 0 Å². The first-order chi connectivity index (χ1) is 8.06. The number of amides is 3. The molecule has 1 aromatic carbocycles. The highest BCUT2D eigenvalue weighted by Gasteiger charge is 2.17. The average Bonchev–Trinajstić information content (AvgIpc) is 2.28. The minimum atomic E-state index is -0.607. The van der Waals surface area contributed by atoms with Crippen molar-refractivity contribution in [2.24, 2.45) is 5.73 Å². The Kier molecular flexibility index (Phi) is 4.47. The van der Waals surface area contributed by atoms with Crippen molar-refractivity contribution in [3.8, 4) is 5.75 Å². The van der Waals surface area contributed by atoms with Crippen molar-refractivity contribution in [3.05, 3.63) is 24.3 Å². The van der Waals surface area contributed by atoms with Gasteiger partial charge in [-0.1, -0.05) is 12.1 Å². The quantitative estimate of drug-likeness (QED) is 0.675. The van der Waals surface area contributed by atoms with E-state index >= 15 is 0 Å². The van der Waals surface area contributed by atoms with Crippen LogP contribution in [0.1, 0.15) is 6.92 Å². The van der Waals surface area contributed by atoms with Crippen LogP contribution in [0.4, 0.5) is 10.5 Å². The highest BCUT2D eigenvalue weighted by atomic mass is 16.3. The molecular formula is C11H15N3O3. The van der Waals surface area contributed by atoms with Gasteiger partial charge in [-0.05, 0) is 12.1 Å². The maximum absolute atomic E-state index is 11.7. The molecule has 0 spiro atoms. The van der Waals surface area contributed by atoms with Gasteiger partial charge in [0.2, 0.25) is 5.91 Å². The van der Waals surface area contributed by atoms with Crippen molar-refractivity contribution in [3.63, 3.8) is 0 Å². The molecule has 0 fully saturated rings. The Labute approximate surface area is 99.0 Å². The van der Waals surface area contributed by atoms with Gasteiger partial charge in [-0.2, -0.15) is 0 Å². The molecule has 0 bridgehead atoms. The first-order valence-electron chi connectivity index (χ1n) is 5.13. The molecule has 6 heteroatoms. The number of para-hydroxylation sites is 2. The van der Waals surface area contributed by atoms with Gasteiger partial charge in [-0.3, -0.25) is 9.69 Å². The number of nitrogens with zero attached hydrogens (tertiary/aromatic N) is 1. The van der Waals surface area contributed by atoms with E-state index in [1.54, 1.807) is 12.1 Å². The van der Waals surface area contributed by atoms with Gasteiger partial charge in [0.05, 0.1) is 5.69 Å². The minimum absolute atomic E-state index is 0.0582. The number of nitrogens with one attached hydrogen (secondary N) is 1. The number of hydrogen-bond acceptors (Lipinski definition) is 4. The lowest BCUT2D eigenvalue weighted by molar-refractivity contribution is -0.125. The second-order valence-corrected chi connectivity index (χ2v) is 3.41. The Bertz CT molecular complexity index is 420. The molecule has 0 aromatic heterocycles. The lowest BCUT2D eigenvalue weighted by Gasteiger charge is -2.19. The van der Waals surface area contributed by atoms with Crippen molar-refractivity contribution in [2.75, 3.05) is 18.4 Å². The highest BCUT2D eigenvalue weighted by Crippen LogP contribution is 2.21. The monoisotopic (exact) mass is 237 g/mol. The maximum atomic E-state index is 11.7. The summed E-state index contributed by atoms with van der Waals surface area (Å²) in [6.45, 7) is 1.60. The molecule has 0 atom stereocenters. The van der Waals surface area contributed by atoms with Gasteiger partial charge in [-0.15, -0.1) is 0 Å². The number of carbonyl (C=O) groups is 2. The molecule has 0 saturated heterocycles. The lowest BCUT2D eigenvalue weighted by Crippen LogP contribution is -2.41. The van der Waals surface area contributed by atoms with E-state index in [-0.39, 0.29) is 24.5 Å². The second-order valence-electron chi connectivity index (χ2n) is 3.41. The van der Waals surface area contributed by atoms with Crippen molar-refractivity contribution in [2.45, 2.75) is 6.92 Å². The zero-order chi connectivity index (χ0) is 12.8. The van der Waals surface area contributed by atoms with Crippen LogP contribution in [0.5, 0.6) is 5.75 Å². The number of rotatable bonds is 3. The number of anilines is 1. The van der Waals surface area contributed by atoms with Gasteiger partial charge in [0.1, 0.15) is 5.75 Å². The molecule has 17 heavy (non-hydrogen) atoms. The molecule has 1 rings (SSSR count). The number of imide groups is 1. The molecule has 6 nitrogen and oxygen atoms in total. The Hall–Kier alpha value is -2.08. The number of hydrogen-bond donors (Lipinski definition) is 3. The molecule has 0 heterocycles. The molecule has 0 aliphatic carbocycles. The number of aromatic hydroxyl groups is 1. The summed E-state index contributed by atoms with van der Waals surface area (Å²) >= 11 is 0. The lowest BCUT2D eigenvalue weighted by atomic mass is 10.3. The summed E-state index contributed by atoms with van der Waals surface area (Å²) in [4.78, 5) is 23.9. The predicted molar refractivity (Wildman–Crippen MR) is 63.6 cm³/mol. The normalized spacial score (nSPS) is 9.76. The maximum Gasteiger partial charge on any atom is 0.328 e. The Morgan fingerprint density at radius 2 is 2.06 bits per heavy atom. The number of urea groups is 1. The van der Waals surface area contributed by atoms with Gasteiger partial charge in [0, 0.05) is 20.0 Å².